The van der Waals surface area contributed by atoms with Crippen molar-refractivity contribution in [3.8, 4) is 0 Å². The zero-order valence-electron chi connectivity index (χ0n) is 20.4. The summed E-state index contributed by atoms with van der Waals surface area (Å²) in [5, 5.41) is 12.2. The number of esters is 1. The number of hydrogen-bond donors (Lipinski definition) is 1. The van der Waals surface area contributed by atoms with Gasteiger partial charge in [-0.15, -0.1) is 0 Å². The smallest absolute Gasteiger partial charge is 0.333 e. The Morgan fingerprint density at radius 3 is 2.55 bits per heavy atom. The maximum atomic E-state index is 13.9. The number of allylic oxidation sites excluding steroid dienone is 4. The normalized spacial score (nSPS) is 45.8. The summed E-state index contributed by atoms with van der Waals surface area (Å²) in [7, 11) is 0. The molecule has 178 valence electrons. The number of aliphatic hydroxyl groups is 1. The van der Waals surface area contributed by atoms with Crippen LogP contribution in [0, 0.1) is 34.5 Å². The average Bonchev–Trinajstić information content (AvgIpc) is 3.06. The van der Waals surface area contributed by atoms with Gasteiger partial charge in [-0.05, 0) is 77.2 Å². The van der Waals surface area contributed by atoms with E-state index in [4.69, 9.17) is 4.74 Å². The van der Waals surface area contributed by atoms with Crippen LogP contribution in [-0.2, 0) is 19.1 Å². The number of carbonyl (C=O) groups excluding carboxylic acids is 3. The summed E-state index contributed by atoms with van der Waals surface area (Å²) in [6.07, 6.45) is 9.24. The Balaban J connectivity index is 1.50. The van der Waals surface area contributed by atoms with Crippen LogP contribution in [0.25, 0.3) is 0 Å². The highest BCUT2D eigenvalue weighted by molar-refractivity contribution is 6.00. The van der Waals surface area contributed by atoms with Gasteiger partial charge < -0.3 is 9.84 Å². The van der Waals surface area contributed by atoms with Gasteiger partial charge >= 0.3 is 5.97 Å². The molecule has 4 aliphatic carbocycles. The molecule has 0 saturated heterocycles. The molecule has 33 heavy (non-hydrogen) atoms. The lowest BCUT2D eigenvalue weighted by Gasteiger charge is -2.57. The van der Waals surface area contributed by atoms with Crippen molar-refractivity contribution in [1.29, 1.82) is 0 Å². The first-order chi connectivity index (χ1) is 15.5. The molecule has 8 unspecified atom stereocenters. The van der Waals surface area contributed by atoms with E-state index in [9.17, 15) is 19.5 Å². The molecule has 2 saturated carbocycles. The van der Waals surface area contributed by atoms with E-state index >= 15 is 0 Å². The third-order valence-electron chi connectivity index (χ3n) is 10.7. The van der Waals surface area contributed by atoms with Gasteiger partial charge in [0.25, 0.3) is 0 Å². The van der Waals surface area contributed by atoms with Crippen LogP contribution >= 0.6 is 0 Å². The van der Waals surface area contributed by atoms with Gasteiger partial charge in [0, 0.05) is 24.3 Å². The highest BCUT2D eigenvalue weighted by Gasteiger charge is 2.70. The second kappa shape index (κ2) is 7.24. The quantitative estimate of drug-likeness (QED) is 0.493. The molecule has 2 fully saturated rings. The number of ether oxygens (including phenoxy) is 1. The van der Waals surface area contributed by atoms with E-state index in [1.807, 2.05) is 33.8 Å². The molecule has 5 nitrogen and oxygen atoms in total. The molecule has 1 heterocycles. The molecule has 0 bridgehead atoms. The van der Waals surface area contributed by atoms with Crippen LogP contribution in [0.1, 0.15) is 73.1 Å². The summed E-state index contributed by atoms with van der Waals surface area (Å²) in [5.74, 6) is -0.313. The first-order valence-electron chi connectivity index (χ1n) is 12.5. The highest BCUT2D eigenvalue weighted by Crippen LogP contribution is 2.66. The molecule has 0 radical (unpaired) electrons. The van der Waals surface area contributed by atoms with Gasteiger partial charge in [-0.3, -0.25) is 9.59 Å². The Morgan fingerprint density at radius 1 is 1.12 bits per heavy atom. The van der Waals surface area contributed by atoms with Gasteiger partial charge in [-0.1, -0.05) is 30.2 Å². The number of hydrogen-bond acceptors (Lipinski definition) is 5. The Kier molecular flexibility index (Phi) is 5.00. The fourth-order valence-electron chi connectivity index (χ4n) is 8.15. The lowest BCUT2D eigenvalue weighted by Crippen LogP contribution is -2.63. The Labute approximate surface area is 196 Å². The van der Waals surface area contributed by atoms with Crippen molar-refractivity contribution >= 4 is 17.5 Å². The van der Waals surface area contributed by atoms with Crippen molar-refractivity contribution in [1.82, 2.24) is 0 Å². The lowest BCUT2D eigenvalue weighted by atomic mass is 9.46. The summed E-state index contributed by atoms with van der Waals surface area (Å²) < 4.78 is 5.75. The van der Waals surface area contributed by atoms with Crippen LogP contribution < -0.4 is 0 Å². The topological polar surface area (TPSA) is 80.7 Å². The van der Waals surface area contributed by atoms with Crippen LogP contribution in [0.3, 0.4) is 0 Å². The van der Waals surface area contributed by atoms with E-state index < -0.39 is 22.5 Å². The van der Waals surface area contributed by atoms with Crippen LogP contribution in [0.15, 0.2) is 34.9 Å². The average molecular weight is 453 g/mol. The van der Waals surface area contributed by atoms with E-state index in [-0.39, 0.29) is 41.2 Å². The van der Waals surface area contributed by atoms with Crippen molar-refractivity contribution < 1.29 is 24.2 Å². The molecule has 1 N–H and O–H groups in total. The van der Waals surface area contributed by atoms with Gasteiger partial charge in [0.15, 0.2) is 5.78 Å². The number of rotatable bonds is 2. The summed E-state index contributed by atoms with van der Waals surface area (Å²) >= 11 is 0. The van der Waals surface area contributed by atoms with Crippen molar-refractivity contribution in [2.45, 2.75) is 84.8 Å². The fraction of sp³-hybridized carbons (Fsp3) is 0.679. The third kappa shape index (κ3) is 2.78. The minimum absolute atomic E-state index is 0.0153. The zero-order chi connectivity index (χ0) is 23.9. The largest absolute Gasteiger partial charge is 0.458 e. The molecular weight excluding hydrogens is 416 g/mol. The molecular formula is C28H36O5. The SMILES string of the molecule is CC1=C(C)C(=O)OC(C(C)C2(O)CCC3C4CC=C5CC=CC(=O)C5(C)C4CC(=O)C32C)C1. The number of cyclic esters (lactones) is 1. The molecule has 0 spiro atoms. The predicted molar refractivity (Wildman–Crippen MR) is 124 cm³/mol. The van der Waals surface area contributed by atoms with Crippen molar-refractivity contribution in [3.63, 3.8) is 0 Å². The van der Waals surface area contributed by atoms with E-state index in [1.165, 1.54) is 0 Å². The fourth-order valence-corrected chi connectivity index (χ4v) is 8.15. The van der Waals surface area contributed by atoms with Crippen molar-refractivity contribution in [2.24, 2.45) is 34.5 Å². The Morgan fingerprint density at radius 2 is 1.85 bits per heavy atom. The number of ketones is 2. The maximum absolute atomic E-state index is 13.9. The number of carbonyl (C=O) groups is 3. The molecule has 0 aromatic heterocycles. The summed E-state index contributed by atoms with van der Waals surface area (Å²) in [4.78, 5) is 39.4. The Hall–Kier alpha value is -2.01. The van der Waals surface area contributed by atoms with Gasteiger partial charge in [-0.25, -0.2) is 4.79 Å². The minimum atomic E-state index is -1.24. The standard InChI is InChI=1S/C28H36O5/c1-15-13-22(33-25(31)16(15)2)17(3)28(32)12-11-20-19-10-9-18-7-6-8-23(29)26(18,4)21(19)14-24(30)27(20,28)5/h6,8-9,17,19-22,32H,7,10-14H2,1-5H3. The van der Waals surface area contributed by atoms with E-state index in [0.717, 1.165) is 30.4 Å². The monoisotopic (exact) mass is 452 g/mol. The van der Waals surface area contributed by atoms with Crippen molar-refractivity contribution in [3.05, 3.63) is 34.9 Å². The summed E-state index contributed by atoms with van der Waals surface area (Å²) in [6, 6.07) is 0. The first-order valence-corrected chi connectivity index (χ1v) is 12.5. The number of Topliss-reactive ketones (excluding diaryl/α,β-unsaturated/α-hetero) is 1. The van der Waals surface area contributed by atoms with Gasteiger partial charge in [-0.2, -0.15) is 0 Å². The van der Waals surface area contributed by atoms with Crippen LogP contribution in [0.2, 0.25) is 0 Å². The predicted octanol–water partition coefficient (Wildman–Crippen LogP) is 4.49. The third-order valence-corrected chi connectivity index (χ3v) is 10.7. The zero-order valence-corrected chi connectivity index (χ0v) is 20.4. The summed E-state index contributed by atoms with van der Waals surface area (Å²) in [6.45, 7) is 9.63. The van der Waals surface area contributed by atoms with Crippen LogP contribution in [0.4, 0.5) is 0 Å². The molecule has 8 atom stereocenters. The molecule has 1 aliphatic heterocycles. The van der Waals surface area contributed by atoms with Crippen LogP contribution in [-0.4, -0.2) is 34.3 Å². The molecule has 0 aromatic rings. The first kappa shape index (κ1) is 22.8. The molecule has 5 heteroatoms. The number of fused-ring (bicyclic) bond motifs is 5. The van der Waals surface area contributed by atoms with Gasteiger partial charge in [0.1, 0.15) is 11.9 Å². The second-order valence-electron chi connectivity index (χ2n) is 11.6. The molecule has 5 rings (SSSR count). The van der Waals surface area contributed by atoms with Crippen molar-refractivity contribution in [2.75, 3.05) is 0 Å². The van der Waals surface area contributed by atoms with E-state index in [1.54, 1.807) is 13.0 Å². The van der Waals surface area contributed by atoms with Gasteiger partial charge in [0.05, 0.1) is 16.4 Å². The molecule has 5 aliphatic rings. The van der Waals surface area contributed by atoms with E-state index in [0.29, 0.717) is 24.8 Å². The minimum Gasteiger partial charge on any atom is -0.458 e. The van der Waals surface area contributed by atoms with E-state index in [2.05, 4.69) is 6.08 Å². The lowest BCUT2D eigenvalue weighted by molar-refractivity contribution is -0.185. The summed E-state index contributed by atoms with van der Waals surface area (Å²) in [5.41, 5.74) is 0.0296. The maximum Gasteiger partial charge on any atom is 0.333 e. The Bertz CT molecular complexity index is 1030. The second-order valence-corrected chi connectivity index (χ2v) is 11.6. The van der Waals surface area contributed by atoms with Gasteiger partial charge in [0.2, 0.25) is 0 Å². The molecule has 0 amide bonds. The highest BCUT2D eigenvalue weighted by atomic mass is 16.5. The van der Waals surface area contributed by atoms with Crippen LogP contribution in [0.5, 0.6) is 0 Å². The molecule has 0 aromatic carbocycles.